The van der Waals surface area contributed by atoms with Crippen molar-refractivity contribution >= 4 is 10.1 Å². The quantitative estimate of drug-likeness (QED) is 0.773. The van der Waals surface area contributed by atoms with Crippen LogP contribution in [0.2, 0.25) is 0 Å². The van der Waals surface area contributed by atoms with Gasteiger partial charge < -0.3 is 9.47 Å². The molecular weight excluding hydrogens is 268 g/mol. The van der Waals surface area contributed by atoms with Crippen LogP contribution in [-0.2, 0) is 23.8 Å². The van der Waals surface area contributed by atoms with Crippen LogP contribution in [0, 0.1) is 6.92 Å². The molecule has 0 aliphatic carbocycles. The van der Waals surface area contributed by atoms with E-state index in [9.17, 15) is 8.42 Å². The molecule has 1 aliphatic heterocycles. The molecule has 1 heterocycles. The summed E-state index contributed by atoms with van der Waals surface area (Å²) < 4.78 is 39.6. The van der Waals surface area contributed by atoms with E-state index in [-0.39, 0.29) is 11.5 Å². The third kappa shape index (κ3) is 3.76. The van der Waals surface area contributed by atoms with Crippen LogP contribution in [-0.4, -0.2) is 34.0 Å². The number of hydrogen-bond donors (Lipinski definition) is 0. The van der Waals surface area contributed by atoms with Crippen molar-refractivity contribution in [1.29, 1.82) is 0 Å². The Morgan fingerprint density at radius 3 is 2.37 bits per heavy atom. The first-order valence-electron chi connectivity index (χ1n) is 6.15. The molecule has 0 radical (unpaired) electrons. The largest absolute Gasteiger partial charge is 0.348 e. The summed E-state index contributed by atoms with van der Waals surface area (Å²) in [7, 11) is -3.71. The zero-order valence-corrected chi connectivity index (χ0v) is 11.9. The predicted molar refractivity (Wildman–Crippen MR) is 69.2 cm³/mol. The smallest absolute Gasteiger partial charge is 0.296 e. The predicted octanol–water partition coefficient (Wildman–Crippen LogP) is 1.85. The molecule has 6 heteroatoms. The summed E-state index contributed by atoms with van der Waals surface area (Å²) in [6.07, 6.45) is 0.373. The second-order valence-electron chi connectivity index (χ2n) is 4.67. The summed E-state index contributed by atoms with van der Waals surface area (Å²) in [4.78, 5) is 0.163. The Hall–Kier alpha value is -0.950. The number of hydrogen-bond acceptors (Lipinski definition) is 5. The fourth-order valence-electron chi connectivity index (χ4n) is 1.81. The van der Waals surface area contributed by atoms with E-state index in [2.05, 4.69) is 0 Å². The molecule has 0 amide bonds. The molecule has 0 saturated carbocycles. The van der Waals surface area contributed by atoms with Gasteiger partial charge in [-0.15, -0.1) is 0 Å². The van der Waals surface area contributed by atoms with E-state index in [1.165, 1.54) is 12.1 Å². The Balaban J connectivity index is 1.92. The molecule has 0 atom stereocenters. The Morgan fingerprint density at radius 2 is 1.79 bits per heavy atom. The first kappa shape index (κ1) is 14.5. The molecule has 106 valence electrons. The highest BCUT2D eigenvalue weighted by Gasteiger charge is 2.31. The fourth-order valence-corrected chi connectivity index (χ4v) is 2.72. The van der Waals surface area contributed by atoms with Crippen LogP contribution in [0.15, 0.2) is 29.2 Å². The maximum absolute atomic E-state index is 11.9. The molecule has 0 bridgehead atoms. The average molecular weight is 286 g/mol. The van der Waals surface area contributed by atoms with E-state index in [1.54, 1.807) is 19.1 Å². The molecule has 0 unspecified atom stereocenters. The van der Waals surface area contributed by atoms with E-state index in [0.29, 0.717) is 19.6 Å². The first-order chi connectivity index (χ1) is 8.91. The van der Waals surface area contributed by atoms with E-state index >= 15 is 0 Å². The standard InChI is InChI=1S/C13H18O5S/c1-11-3-5-12(6-4-11)19(14,15)18-8-7-13(2)16-9-10-17-13/h3-6H,7-10H2,1-2H3. The third-order valence-electron chi connectivity index (χ3n) is 3.00. The summed E-state index contributed by atoms with van der Waals surface area (Å²) in [5.41, 5.74) is 0.999. The molecular formula is C13H18O5S. The van der Waals surface area contributed by atoms with Crippen LogP contribution in [0.3, 0.4) is 0 Å². The van der Waals surface area contributed by atoms with Crippen molar-refractivity contribution in [3.8, 4) is 0 Å². The van der Waals surface area contributed by atoms with Crippen LogP contribution in [0.25, 0.3) is 0 Å². The lowest BCUT2D eigenvalue weighted by Crippen LogP contribution is -2.27. The Labute approximate surface area is 113 Å². The molecule has 1 fully saturated rings. The summed E-state index contributed by atoms with van der Waals surface area (Å²) in [6, 6.07) is 6.55. The van der Waals surface area contributed by atoms with Crippen LogP contribution < -0.4 is 0 Å². The number of aryl methyl sites for hydroxylation is 1. The molecule has 2 rings (SSSR count). The zero-order chi connectivity index (χ0) is 13.9. The molecule has 0 spiro atoms. The average Bonchev–Trinajstić information content (AvgIpc) is 2.76. The van der Waals surface area contributed by atoms with Crippen molar-refractivity contribution in [3.05, 3.63) is 29.8 Å². The van der Waals surface area contributed by atoms with Crippen LogP contribution >= 0.6 is 0 Å². The van der Waals surface area contributed by atoms with E-state index in [4.69, 9.17) is 13.7 Å². The first-order valence-corrected chi connectivity index (χ1v) is 7.56. The van der Waals surface area contributed by atoms with Gasteiger partial charge in [0.2, 0.25) is 0 Å². The van der Waals surface area contributed by atoms with Crippen molar-refractivity contribution in [2.24, 2.45) is 0 Å². The van der Waals surface area contributed by atoms with Gasteiger partial charge in [-0.3, -0.25) is 4.18 Å². The Morgan fingerprint density at radius 1 is 1.21 bits per heavy atom. The van der Waals surface area contributed by atoms with Gasteiger partial charge in [0.05, 0.1) is 24.7 Å². The van der Waals surface area contributed by atoms with Gasteiger partial charge in [-0.25, -0.2) is 0 Å². The molecule has 1 aromatic carbocycles. The molecule has 0 aromatic heterocycles. The van der Waals surface area contributed by atoms with Crippen LogP contribution in [0.1, 0.15) is 18.9 Å². The molecule has 1 aliphatic rings. The van der Waals surface area contributed by atoms with Gasteiger partial charge in [-0.2, -0.15) is 8.42 Å². The van der Waals surface area contributed by atoms with E-state index < -0.39 is 15.9 Å². The van der Waals surface area contributed by atoms with Crippen molar-refractivity contribution in [3.63, 3.8) is 0 Å². The summed E-state index contributed by atoms with van der Waals surface area (Å²) in [6.45, 7) is 4.77. The highest BCUT2D eigenvalue weighted by atomic mass is 32.2. The van der Waals surface area contributed by atoms with E-state index in [0.717, 1.165) is 5.56 Å². The normalized spacial score (nSPS) is 18.6. The monoisotopic (exact) mass is 286 g/mol. The minimum atomic E-state index is -3.71. The molecule has 5 nitrogen and oxygen atoms in total. The Bertz CT molecular complexity index is 514. The lowest BCUT2D eigenvalue weighted by Gasteiger charge is -2.21. The van der Waals surface area contributed by atoms with Crippen molar-refractivity contribution in [2.45, 2.75) is 31.0 Å². The van der Waals surface area contributed by atoms with Crippen LogP contribution in [0.5, 0.6) is 0 Å². The van der Waals surface area contributed by atoms with Gasteiger partial charge in [0.15, 0.2) is 5.79 Å². The van der Waals surface area contributed by atoms with Gasteiger partial charge in [0.25, 0.3) is 10.1 Å². The zero-order valence-electron chi connectivity index (χ0n) is 11.1. The highest BCUT2D eigenvalue weighted by molar-refractivity contribution is 7.86. The summed E-state index contributed by atoms with van der Waals surface area (Å²) >= 11 is 0. The van der Waals surface area contributed by atoms with E-state index in [1.807, 2.05) is 6.92 Å². The van der Waals surface area contributed by atoms with Crippen molar-refractivity contribution in [1.82, 2.24) is 0 Å². The second kappa shape index (κ2) is 5.58. The fraction of sp³-hybridized carbons (Fsp3) is 0.538. The van der Waals surface area contributed by atoms with Crippen molar-refractivity contribution in [2.75, 3.05) is 19.8 Å². The maximum Gasteiger partial charge on any atom is 0.296 e. The SMILES string of the molecule is Cc1ccc(S(=O)(=O)OCCC2(C)OCCO2)cc1. The molecule has 1 saturated heterocycles. The van der Waals surface area contributed by atoms with Crippen LogP contribution in [0.4, 0.5) is 0 Å². The second-order valence-corrected chi connectivity index (χ2v) is 6.29. The van der Waals surface area contributed by atoms with Gasteiger partial charge in [0, 0.05) is 6.42 Å². The maximum atomic E-state index is 11.9. The van der Waals surface area contributed by atoms with Crippen molar-refractivity contribution < 1.29 is 22.1 Å². The molecule has 19 heavy (non-hydrogen) atoms. The lowest BCUT2D eigenvalue weighted by atomic mass is 10.2. The highest BCUT2D eigenvalue weighted by Crippen LogP contribution is 2.23. The number of ether oxygens (including phenoxy) is 2. The van der Waals surface area contributed by atoms with Gasteiger partial charge >= 0.3 is 0 Å². The van der Waals surface area contributed by atoms with Gasteiger partial charge in [0.1, 0.15) is 0 Å². The third-order valence-corrected chi connectivity index (χ3v) is 4.33. The summed E-state index contributed by atoms with van der Waals surface area (Å²) in [5.74, 6) is -0.733. The number of benzene rings is 1. The number of rotatable bonds is 5. The minimum Gasteiger partial charge on any atom is -0.348 e. The van der Waals surface area contributed by atoms with Gasteiger partial charge in [-0.1, -0.05) is 17.7 Å². The summed E-state index contributed by atoms with van der Waals surface area (Å²) in [5, 5.41) is 0. The lowest BCUT2D eigenvalue weighted by molar-refractivity contribution is -0.150. The topological polar surface area (TPSA) is 61.8 Å². The van der Waals surface area contributed by atoms with Gasteiger partial charge in [-0.05, 0) is 26.0 Å². The Kier molecular flexibility index (Phi) is 4.25. The minimum absolute atomic E-state index is 0.0344. The molecule has 0 N–H and O–H groups in total. The molecule has 1 aromatic rings.